The number of ether oxygens (including phenoxy) is 1. The fraction of sp³-hybridized carbons (Fsp3) is 0.467. The Kier molecular flexibility index (Phi) is 5.66. The molecule has 3 heterocycles. The predicted octanol–water partition coefficient (Wildman–Crippen LogP) is 4.96. The molecule has 6 nitrogen and oxygen atoms in total. The molecule has 2 N–H and O–H groups in total. The van der Waals surface area contributed by atoms with Crippen LogP contribution in [0.15, 0.2) is 30.3 Å². The number of piperidine rings is 1. The van der Waals surface area contributed by atoms with E-state index >= 15 is 0 Å². The van der Waals surface area contributed by atoms with Gasteiger partial charge in [-0.05, 0) is 54.7 Å². The highest BCUT2D eigenvalue weighted by atomic mass is 16.5. The summed E-state index contributed by atoms with van der Waals surface area (Å²) in [6.07, 6.45) is 3.33. The third-order valence-electron chi connectivity index (χ3n) is 8.71. The van der Waals surface area contributed by atoms with Crippen LogP contribution in [0.5, 0.6) is 0 Å². The maximum absolute atomic E-state index is 9.38. The van der Waals surface area contributed by atoms with Crippen molar-refractivity contribution in [2.24, 2.45) is 0 Å². The minimum atomic E-state index is -0.270. The third-order valence-corrected chi connectivity index (χ3v) is 8.71. The lowest BCUT2D eigenvalue weighted by atomic mass is 9.70. The summed E-state index contributed by atoms with van der Waals surface area (Å²) in [6, 6.07) is 13.3. The molecule has 6 rings (SSSR count). The summed E-state index contributed by atoms with van der Waals surface area (Å²) >= 11 is 0. The predicted molar refractivity (Wildman–Crippen MR) is 145 cm³/mol. The third kappa shape index (κ3) is 3.56. The van der Waals surface area contributed by atoms with Crippen molar-refractivity contribution in [2.75, 3.05) is 44.3 Å². The van der Waals surface area contributed by atoms with Crippen molar-refractivity contribution in [3.05, 3.63) is 63.8 Å². The number of benzene rings is 2. The van der Waals surface area contributed by atoms with E-state index in [0.717, 1.165) is 73.5 Å². The number of aromatic nitrogens is 1. The Morgan fingerprint density at radius 3 is 2.56 bits per heavy atom. The van der Waals surface area contributed by atoms with Crippen molar-refractivity contribution in [1.29, 1.82) is 10.7 Å². The molecular formula is C30H35N5O. The van der Waals surface area contributed by atoms with E-state index in [2.05, 4.69) is 53.8 Å². The minimum Gasteiger partial charge on any atom is -0.379 e. The summed E-state index contributed by atoms with van der Waals surface area (Å²) < 4.78 is 5.56. The van der Waals surface area contributed by atoms with E-state index in [1.807, 2.05) is 18.2 Å². The molecule has 2 aromatic carbocycles. The first-order valence-electron chi connectivity index (χ1n) is 13.3. The second-order valence-electron chi connectivity index (χ2n) is 11.0. The summed E-state index contributed by atoms with van der Waals surface area (Å²) in [5.74, 6) is 0. The second kappa shape index (κ2) is 8.76. The number of hydrogen-bond donors (Lipinski definition) is 2. The van der Waals surface area contributed by atoms with Gasteiger partial charge in [-0.3, -0.25) is 10.3 Å². The molecule has 1 aromatic heterocycles. The lowest BCUT2D eigenvalue weighted by molar-refractivity contribution is 0.0115. The molecule has 0 bridgehead atoms. The van der Waals surface area contributed by atoms with Crippen LogP contribution in [0.1, 0.15) is 67.1 Å². The Morgan fingerprint density at radius 1 is 1.11 bits per heavy atom. The van der Waals surface area contributed by atoms with Gasteiger partial charge in [-0.1, -0.05) is 26.8 Å². The topological polar surface area (TPSA) is 79.1 Å². The van der Waals surface area contributed by atoms with Crippen LogP contribution < -0.4 is 4.90 Å². The van der Waals surface area contributed by atoms with Gasteiger partial charge >= 0.3 is 0 Å². The fourth-order valence-corrected chi connectivity index (χ4v) is 6.61. The van der Waals surface area contributed by atoms with E-state index in [-0.39, 0.29) is 5.41 Å². The van der Waals surface area contributed by atoms with Gasteiger partial charge in [-0.2, -0.15) is 5.26 Å². The van der Waals surface area contributed by atoms with Gasteiger partial charge in [0.1, 0.15) is 0 Å². The number of nitrogens with one attached hydrogen (secondary N) is 2. The molecule has 0 amide bonds. The summed E-state index contributed by atoms with van der Waals surface area (Å²) in [6.45, 7) is 12.7. The molecule has 0 atom stereocenters. The van der Waals surface area contributed by atoms with Gasteiger partial charge in [0.2, 0.25) is 0 Å². The zero-order valence-electron chi connectivity index (χ0n) is 21.6. The normalized spacial score (nSPS) is 20.3. The maximum Gasteiger partial charge on any atom is 0.0992 e. The lowest BCUT2D eigenvalue weighted by Crippen LogP contribution is -2.49. The van der Waals surface area contributed by atoms with Crippen LogP contribution in [-0.4, -0.2) is 61.0 Å². The van der Waals surface area contributed by atoms with Crippen molar-refractivity contribution in [3.63, 3.8) is 0 Å². The Labute approximate surface area is 213 Å². The number of nitriles is 1. The van der Waals surface area contributed by atoms with E-state index in [1.165, 1.54) is 29.7 Å². The average molecular weight is 482 g/mol. The van der Waals surface area contributed by atoms with E-state index in [9.17, 15) is 10.7 Å². The molecule has 0 saturated carbocycles. The number of fused-ring (bicyclic) bond motifs is 4. The van der Waals surface area contributed by atoms with Gasteiger partial charge in [0, 0.05) is 71.0 Å². The standard InChI is InChI=1S/C30H35N5O/c1-4-20-16-23-24(17-26(20)35-9-7-21(8-10-35)34-11-13-36-14-12-34)30(2,3)29-27(28(23)32)22-6-5-19(18-31)15-25(22)33-29/h5-6,15-17,21,32-33H,4,7-14H2,1-3H3. The molecular weight excluding hydrogens is 446 g/mol. The first-order valence-corrected chi connectivity index (χ1v) is 13.3. The van der Waals surface area contributed by atoms with Crippen molar-refractivity contribution in [2.45, 2.75) is 51.5 Å². The molecule has 6 heteroatoms. The van der Waals surface area contributed by atoms with E-state index in [4.69, 9.17) is 4.74 Å². The molecule has 0 spiro atoms. The number of rotatable bonds is 3. The lowest BCUT2D eigenvalue weighted by Gasteiger charge is -2.42. The molecule has 0 unspecified atom stereocenters. The first-order chi connectivity index (χ1) is 17.4. The largest absolute Gasteiger partial charge is 0.379 e. The number of anilines is 1. The minimum absolute atomic E-state index is 0.270. The Bertz CT molecular complexity index is 1380. The van der Waals surface area contributed by atoms with Crippen LogP contribution in [0, 0.1) is 16.7 Å². The Morgan fingerprint density at radius 2 is 1.86 bits per heavy atom. The molecule has 36 heavy (non-hydrogen) atoms. The van der Waals surface area contributed by atoms with Crippen LogP contribution in [0.3, 0.4) is 0 Å². The number of aromatic amines is 1. The van der Waals surface area contributed by atoms with Crippen LogP contribution in [-0.2, 0) is 16.6 Å². The van der Waals surface area contributed by atoms with E-state index < -0.39 is 0 Å². The number of H-pyrrole nitrogens is 1. The molecule has 3 aromatic rings. The number of aryl methyl sites for hydroxylation is 1. The van der Waals surface area contributed by atoms with E-state index in [0.29, 0.717) is 17.3 Å². The van der Waals surface area contributed by atoms with Crippen molar-refractivity contribution in [3.8, 4) is 6.07 Å². The molecule has 1 aliphatic carbocycles. The highest BCUT2D eigenvalue weighted by Crippen LogP contribution is 2.46. The Balaban J connectivity index is 1.37. The summed E-state index contributed by atoms with van der Waals surface area (Å²) in [4.78, 5) is 8.80. The molecule has 186 valence electrons. The summed E-state index contributed by atoms with van der Waals surface area (Å²) in [7, 11) is 0. The van der Waals surface area contributed by atoms with Crippen LogP contribution >= 0.6 is 0 Å². The fourth-order valence-electron chi connectivity index (χ4n) is 6.61. The van der Waals surface area contributed by atoms with Gasteiger partial charge in [0.15, 0.2) is 0 Å². The molecule has 0 radical (unpaired) electrons. The molecule has 3 aliphatic rings. The molecule has 2 aliphatic heterocycles. The van der Waals surface area contributed by atoms with Gasteiger partial charge in [0.05, 0.1) is 30.6 Å². The van der Waals surface area contributed by atoms with Crippen molar-refractivity contribution in [1.82, 2.24) is 9.88 Å². The van der Waals surface area contributed by atoms with Crippen LogP contribution in [0.2, 0.25) is 0 Å². The van der Waals surface area contributed by atoms with Gasteiger partial charge in [-0.25, -0.2) is 0 Å². The van der Waals surface area contributed by atoms with Crippen molar-refractivity contribution < 1.29 is 4.74 Å². The molecule has 2 saturated heterocycles. The van der Waals surface area contributed by atoms with Crippen molar-refractivity contribution >= 4 is 22.3 Å². The zero-order valence-corrected chi connectivity index (χ0v) is 21.6. The van der Waals surface area contributed by atoms with Crippen LogP contribution in [0.25, 0.3) is 10.9 Å². The van der Waals surface area contributed by atoms with Gasteiger partial charge < -0.3 is 14.6 Å². The average Bonchev–Trinajstić information content (AvgIpc) is 3.32. The highest BCUT2D eigenvalue weighted by Gasteiger charge is 2.39. The second-order valence-corrected chi connectivity index (χ2v) is 11.0. The first kappa shape index (κ1) is 23.3. The molecule has 2 fully saturated rings. The summed E-state index contributed by atoms with van der Waals surface area (Å²) in [5.41, 5.74) is 8.87. The zero-order chi connectivity index (χ0) is 25.0. The highest BCUT2D eigenvalue weighted by molar-refractivity contribution is 6.21. The quantitative estimate of drug-likeness (QED) is 0.554. The van der Waals surface area contributed by atoms with Gasteiger partial charge in [0.25, 0.3) is 0 Å². The number of hydrogen-bond acceptors (Lipinski definition) is 5. The van der Waals surface area contributed by atoms with Crippen LogP contribution in [0.4, 0.5) is 5.69 Å². The smallest absolute Gasteiger partial charge is 0.0992 e. The maximum atomic E-state index is 9.38. The van der Waals surface area contributed by atoms with E-state index in [1.54, 1.807) is 0 Å². The monoisotopic (exact) mass is 481 g/mol. The SMILES string of the molecule is CCc1cc2c(cc1N1CCC(N3CCOCC3)CC1)C(C)(C)c1[nH]c3cc(C#N)ccc3c1C2=N. The van der Waals surface area contributed by atoms with Gasteiger partial charge in [-0.15, -0.1) is 0 Å². The summed E-state index contributed by atoms with van der Waals surface area (Å²) in [5, 5.41) is 19.6. The Hall–Kier alpha value is -3.14. The number of nitrogens with zero attached hydrogens (tertiary/aromatic N) is 3. The number of morpholine rings is 1.